The topological polar surface area (TPSA) is 423 Å². The maximum atomic E-state index is 14.0. The van der Waals surface area contributed by atoms with Gasteiger partial charge in [0.15, 0.2) is 0 Å². The summed E-state index contributed by atoms with van der Waals surface area (Å²) in [5.41, 5.74) is 7.92. The van der Waals surface area contributed by atoms with Crippen molar-refractivity contribution in [3.63, 3.8) is 0 Å². The molecule has 25 heteroatoms. The summed E-state index contributed by atoms with van der Waals surface area (Å²) in [6, 6.07) is 12.9. The molecule has 0 spiro atoms. The van der Waals surface area contributed by atoms with Crippen molar-refractivity contribution in [1.29, 1.82) is 0 Å². The van der Waals surface area contributed by atoms with E-state index in [4.69, 9.17) is 5.73 Å². The second kappa shape index (κ2) is 28.0. The highest BCUT2D eigenvalue weighted by molar-refractivity contribution is 5.97. The molecule has 4 aromatic rings. The van der Waals surface area contributed by atoms with Crippen LogP contribution in [0.2, 0.25) is 0 Å². The molecule has 25 nitrogen and oxygen atoms in total. The van der Waals surface area contributed by atoms with E-state index in [1.54, 1.807) is 12.1 Å². The quantitative estimate of drug-likeness (QED) is 0.0298. The number of nitrogens with two attached hydrogens (primary N) is 1. The Hall–Kier alpha value is -9.26. The zero-order chi connectivity index (χ0) is 54.5. The predicted molar refractivity (Wildman–Crippen MR) is 258 cm³/mol. The third-order valence-corrected chi connectivity index (χ3v) is 10.9. The number of carboxylic acids is 3. The second-order valence-corrected chi connectivity index (χ2v) is 16.8. The van der Waals surface area contributed by atoms with Gasteiger partial charge in [0.2, 0.25) is 41.4 Å². The summed E-state index contributed by atoms with van der Waals surface area (Å²) in [6.45, 7) is -1.72. The minimum absolute atomic E-state index is 0.0103. The van der Waals surface area contributed by atoms with Crippen LogP contribution in [0.3, 0.4) is 0 Å². The van der Waals surface area contributed by atoms with E-state index in [9.17, 15) is 83.7 Å². The smallest absolute Gasteiger partial charge is 0.326 e. The van der Waals surface area contributed by atoms with Gasteiger partial charge in [-0.05, 0) is 83.6 Å². The molecule has 6 atom stereocenters. The Morgan fingerprint density at radius 1 is 0.392 bits per heavy atom. The minimum atomic E-state index is -1.93. The number of nitrogens with one attached hydrogen (secondary N) is 7. The molecule has 0 aliphatic heterocycles. The van der Waals surface area contributed by atoms with Crippen molar-refractivity contribution in [3.05, 3.63) is 119 Å². The van der Waals surface area contributed by atoms with E-state index < -0.39 is 134 Å². The fourth-order valence-electron chi connectivity index (χ4n) is 7.02. The maximum absolute atomic E-state index is 14.0. The van der Waals surface area contributed by atoms with E-state index in [1.807, 2.05) is 0 Å². The first-order valence-corrected chi connectivity index (χ1v) is 22.6. The zero-order valence-corrected chi connectivity index (χ0v) is 39.4. The SMILES string of the molecule is N[C@@H](Cc1ccc(O)cc1)C(=O)N[C@@H](Cc1ccc(O)cc1)C(=O)NCC(=O)N[C@@H](CC(=O)O)C(=O)N[C@@H](Cc1ccc(O)cc1)C(=O)N[C@@H](CCC(=O)O)C(=O)NCC(=O)N[C@@H](Cc1ccc(O)cc1)C(=O)O. The van der Waals surface area contributed by atoms with Gasteiger partial charge in [-0.2, -0.15) is 0 Å². The predicted octanol–water partition coefficient (Wildman–Crippen LogP) is -1.81. The van der Waals surface area contributed by atoms with Crippen molar-refractivity contribution in [2.45, 2.75) is 81.2 Å². The summed E-state index contributed by atoms with van der Waals surface area (Å²) in [5.74, 6) is -12.1. The van der Waals surface area contributed by atoms with Crippen LogP contribution in [0, 0.1) is 0 Å². The van der Waals surface area contributed by atoms with Crippen LogP contribution in [-0.2, 0) is 73.6 Å². The molecule has 0 aromatic heterocycles. The molecule has 0 radical (unpaired) electrons. The average molecular weight is 1030 g/mol. The molecule has 0 fully saturated rings. The molecular formula is C49H56N8O17. The van der Waals surface area contributed by atoms with Crippen molar-refractivity contribution in [2.75, 3.05) is 13.1 Å². The zero-order valence-electron chi connectivity index (χ0n) is 39.4. The molecule has 0 saturated carbocycles. The Morgan fingerprint density at radius 2 is 0.730 bits per heavy atom. The number of carboxylic acid groups (broad SMARTS) is 3. The molecule has 394 valence electrons. The molecule has 7 amide bonds. The number of hydrogen-bond acceptors (Lipinski definition) is 15. The Morgan fingerprint density at radius 3 is 1.14 bits per heavy atom. The van der Waals surface area contributed by atoms with Gasteiger partial charge < -0.3 is 78.7 Å². The van der Waals surface area contributed by atoms with Crippen LogP contribution in [0.1, 0.15) is 41.5 Å². The van der Waals surface area contributed by atoms with Crippen LogP contribution in [0.4, 0.5) is 0 Å². The number of benzene rings is 4. The Balaban J connectivity index is 1.47. The minimum Gasteiger partial charge on any atom is -0.508 e. The van der Waals surface area contributed by atoms with Crippen LogP contribution >= 0.6 is 0 Å². The molecule has 0 bridgehead atoms. The average Bonchev–Trinajstić information content (AvgIpc) is 3.35. The number of aromatic hydroxyl groups is 4. The number of rotatable bonds is 28. The number of aliphatic carboxylic acids is 3. The molecule has 0 aliphatic rings. The van der Waals surface area contributed by atoms with Crippen molar-refractivity contribution >= 4 is 59.3 Å². The van der Waals surface area contributed by atoms with E-state index in [-0.39, 0.29) is 42.3 Å². The summed E-state index contributed by atoms with van der Waals surface area (Å²) in [6.07, 6.45) is -3.10. The lowest BCUT2D eigenvalue weighted by molar-refractivity contribution is -0.142. The highest BCUT2D eigenvalue weighted by atomic mass is 16.4. The van der Waals surface area contributed by atoms with Crippen LogP contribution in [0.25, 0.3) is 0 Å². The molecule has 74 heavy (non-hydrogen) atoms. The van der Waals surface area contributed by atoms with E-state index in [0.717, 1.165) is 0 Å². The standard InChI is InChI=1S/C49H56N8O17/c50-34(19-26-1-9-30(58)10-2-26)44(68)56-36(20-27-3-11-31(59)12-4-27)46(70)52-24-40(62)53-38(23-43(66)67)48(72)57-37(21-28-5-13-32(60)14-6-28)47(71)55-35(17-18-42(64)65)45(69)51-25-41(63)54-39(49(73)74)22-29-7-15-33(61)16-8-29/h1-16,34-39,58-61H,17-25,50H2,(H,51,69)(H,52,70)(H,53,62)(H,54,63)(H,55,71)(H,56,68)(H,57,72)(H,64,65)(H,66,67)(H,73,74)/t34-,35-,36-,37-,38-,39-/m0/s1. The Kier molecular flexibility index (Phi) is 21.7. The maximum Gasteiger partial charge on any atom is 0.326 e. The van der Waals surface area contributed by atoms with E-state index in [0.29, 0.717) is 22.3 Å². The first-order chi connectivity index (χ1) is 35.0. The summed E-state index contributed by atoms with van der Waals surface area (Å²) in [7, 11) is 0. The van der Waals surface area contributed by atoms with E-state index in [2.05, 4.69) is 37.2 Å². The van der Waals surface area contributed by atoms with Gasteiger partial charge in [-0.15, -0.1) is 0 Å². The van der Waals surface area contributed by atoms with E-state index >= 15 is 0 Å². The molecule has 4 rings (SSSR count). The van der Waals surface area contributed by atoms with Crippen molar-refractivity contribution in [3.8, 4) is 23.0 Å². The highest BCUT2D eigenvalue weighted by Gasteiger charge is 2.32. The Bertz CT molecular complexity index is 2630. The van der Waals surface area contributed by atoms with Crippen molar-refractivity contribution < 1.29 is 83.7 Å². The van der Waals surface area contributed by atoms with Gasteiger partial charge in [-0.3, -0.25) is 43.2 Å². The molecule has 4 aromatic carbocycles. The summed E-state index contributed by atoms with van der Waals surface area (Å²) >= 11 is 0. The Labute approximate surface area is 421 Å². The van der Waals surface area contributed by atoms with Crippen LogP contribution in [-0.4, -0.2) is 144 Å². The lowest BCUT2D eigenvalue weighted by atomic mass is 10.0. The number of carbonyl (C=O) groups excluding carboxylic acids is 7. The second-order valence-electron chi connectivity index (χ2n) is 16.8. The molecule has 16 N–H and O–H groups in total. The van der Waals surface area contributed by atoms with Gasteiger partial charge >= 0.3 is 17.9 Å². The fraction of sp³-hybridized carbons (Fsp3) is 0.306. The molecule has 0 unspecified atom stereocenters. The third-order valence-electron chi connectivity index (χ3n) is 10.9. The van der Waals surface area contributed by atoms with Gasteiger partial charge in [-0.25, -0.2) is 4.79 Å². The fourth-order valence-corrected chi connectivity index (χ4v) is 7.02. The molecule has 0 saturated heterocycles. The third kappa shape index (κ3) is 19.9. The first kappa shape index (κ1) is 57.3. The highest BCUT2D eigenvalue weighted by Crippen LogP contribution is 2.16. The number of phenols is 4. The summed E-state index contributed by atoms with van der Waals surface area (Å²) in [5, 5.41) is 83.6. The molecule has 0 heterocycles. The van der Waals surface area contributed by atoms with Gasteiger partial charge in [0, 0.05) is 25.7 Å². The largest absolute Gasteiger partial charge is 0.508 e. The number of phenolic OH excluding ortho intramolecular Hbond substituents is 4. The van der Waals surface area contributed by atoms with E-state index in [1.165, 1.54) is 84.9 Å². The normalized spacial score (nSPS) is 13.2. The summed E-state index contributed by atoms with van der Waals surface area (Å²) in [4.78, 5) is 129. The van der Waals surface area contributed by atoms with Gasteiger partial charge in [0.1, 0.15) is 53.2 Å². The first-order valence-electron chi connectivity index (χ1n) is 22.6. The van der Waals surface area contributed by atoms with Gasteiger partial charge in [-0.1, -0.05) is 48.5 Å². The van der Waals surface area contributed by atoms with Crippen LogP contribution in [0.15, 0.2) is 97.1 Å². The van der Waals surface area contributed by atoms with Crippen molar-refractivity contribution in [2.24, 2.45) is 5.73 Å². The number of amides is 7. The lowest BCUT2D eigenvalue weighted by Crippen LogP contribution is -2.58. The number of carbonyl (C=O) groups is 10. The van der Waals surface area contributed by atoms with Gasteiger partial charge in [0.05, 0.1) is 25.6 Å². The molecule has 0 aliphatic carbocycles. The molecular weight excluding hydrogens is 973 g/mol. The number of hydrogen-bond donors (Lipinski definition) is 15. The van der Waals surface area contributed by atoms with Crippen molar-refractivity contribution in [1.82, 2.24) is 37.2 Å². The van der Waals surface area contributed by atoms with Crippen LogP contribution < -0.4 is 43.0 Å². The van der Waals surface area contributed by atoms with Gasteiger partial charge in [0.25, 0.3) is 0 Å². The van der Waals surface area contributed by atoms with Crippen LogP contribution in [0.5, 0.6) is 23.0 Å². The monoisotopic (exact) mass is 1030 g/mol. The summed E-state index contributed by atoms with van der Waals surface area (Å²) < 4.78 is 0. The lowest BCUT2D eigenvalue weighted by Gasteiger charge is -2.25.